The minimum Gasteiger partial charge on any atom is -0.389 e. The van der Waals surface area contributed by atoms with E-state index in [-0.39, 0.29) is 5.54 Å². The lowest BCUT2D eigenvalue weighted by Crippen LogP contribution is -2.42. The van der Waals surface area contributed by atoms with Crippen molar-refractivity contribution in [2.24, 2.45) is 0 Å². The predicted molar refractivity (Wildman–Crippen MR) is 86.6 cm³/mol. The third-order valence-corrected chi connectivity index (χ3v) is 3.37. The Morgan fingerprint density at radius 3 is 2.81 bits per heavy atom. The van der Waals surface area contributed by atoms with E-state index in [0.717, 1.165) is 11.9 Å². The number of nitrogens with one attached hydrogen (secondary N) is 2. The Morgan fingerprint density at radius 2 is 2.05 bits per heavy atom. The Hall–Kier alpha value is -1.36. The molecule has 116 valence electrons. The molecular formula is C17H26N2O2. The van der Waals surface area contributed by atoms with Gasteiger partial charge in [-0.3, -0.25) is 0 Å². The molecule has 0 amide bonds. The highest BCUT2D eigenvalue weighted by molar-refractivity contribution is 5.82. The van der Waals surface area contributed by atoms with Gasteiger partial charge in [-0.2, -0.15) is 0 Å². The summed E-state index contributed by atoms with van der Waals surface area (Å²) in [5.41, 5.74) is 2.43. The quantitative estimate of drug-likeness (QED) is 0.687. The number of para-hydroxylation sites is 1. The molecular weight excluding hydrogens is 264 g/mol. The Balaban J connectivity index is 1.70. The highest BCUT2D eigenvalue weighted by atomic mass is 16.5. The van der Waals surface area contributed by atoms with Crippen LogP contribution in [-0.2, 0) is 11.2 Å². The molecule has 0 spiro atoms. The number of hydrogen-bond donors (Lipinski definition) is 3. The van der Waals surface area contributed by atoms with Crippen LogP contribution in [0.2, 0.25) is 0 Å². The summed E-state index contributed by atoms with van der Waals surface area (Å²) in [4.78, 5) is 3.26. The van der Waals surface area contributed by atoms with E-state index in [2.05, 4.69) is 43.2 Å². The Labute approximate surface area is 126 Å². The zero-order chi connectivity index (χ0) is 15.3. The molecule has 1 unspecified atom stereocenters. The molecule has 0 saturated heterocycles. The highest BCUT2D eigenvalue weighted by Gasteiger charge is 2.12. The van der Waals surface area contributed by atoms with Gasteiger partial charge in [0.15, 0.2) is 0 Å². The molecule has 2 rings (SSSR count). The van der Waals surface area contributed by atoms with Crippen LogP contribution in [0.3, 0.4) is 0 Å². The Morgan fingerprint density at radius 1 is 1.29 bits per heavy atom. The van der Waals surface area contributed by atoms with Gasteiger partial charge in [-0.1, -0.05) is 18.2 Å². The standard InChI is InChI=1S/C17H26N2O2/c1-17(2,3)19-11-14(20)12-21-9-8-13-10-18-16-7-5-4-6-15(13)16/h4-7,10,14,18-20H,8-9,11-12H2,1-3H3. The average Bonchev–Trinajstić information content (AvgIpc) is 2.84. The Bertz CT molecular complexity index is 557. The van der Waals surface area contributed by atoms with Crippen LogP contribution in [0.1, 0.15) is 26.3 Å². The maximum atomic E-state index is 9.85. The molecule has 0 radical (unpaired) electrons. The van der Waals surface area contributed by atoms with E-state index >= 15 is 0 Å². The number of fused-ring (bicyclic) bond motifs is 1. The van der Waals surface area contributed by atoms with Gasteiger partial charge < -0.3 is 20.1 Å². The topological polar surface area (TPSA) is 57.3 Å². The van der Waals surface area contributed by atoms with Gasteiger partial charge in [0.2, 0.25) is 0 Å². The largest absolute Gasteiger partial charge is 0.389 e. The molecule has 3 N–H and O–H groups in total. The highest BCUT2D eigenvalue weighted by Crippen LogP contribution is 2.17. The first kappa shape index (κ1) is 16.0. The molecule has 0 saturated carbocycles. The van der Waals surface area contributed by atoms with E-state index in [9.17, 15) is 5.11 Å². The summed E-state index contributed by atoms with van der Waals surface area (Å²) in [6.45, 7) is 7.78. The van der Waals surface area contributed by atoms with Crippen LogP contribution in [0.15, 0.2) is 30.5 Å². The summed E-state index contributed by atoms with van der Waals surface area (Å²) in [7, 11) is 0. The monoisotopic (exact) mass is 290 g/mol. The fraction of sp³-hybridized carbons (Fsp3) is 0.529. The first-order valence-corrected chi connectivity index (χ1v) is 7.51. The third kappa shape index (κ3) is 5.16. The second-order valence-corrected chi connectivity index (χ2v) is 6.47. The van der Waals surface area contributed by atoms with Crippen molar-refractivity contribution in [1.29, 1.82) is 0 Å². The van der Waals surface area contributed by atoms with E-state index in [4.69, 9.17) is 4.74 Å². The van der Waals surface area contributed by atoms with Gasteiger partial charge in [0.05, 0.1) is 19.3 Å². The number of aromatic amines is 1. The van der Waals surface area contributed by atoms with Crippen molar-refractivity contribution in [3.8, 4) is 0 Å². The van der Waals surface area contributed by atoms with Crippen molar-refractivity contribution in [1.82, 2.24) is 10.3 Å². The maximum absolute atomic E-state index is 9.85. The zero-order valence-corrected chi connectivity index (χ0v) is 13.1. The average molecular weight is 290 g/mol. The smallest absolute Gasteiger partial charge is 0.0897 e. The molecule has 4 heteroatoms. The summed E-state index contributed by atoms with van der Waals surface area (Å²) < 4.78 is 5.58. The molecule has 1 heterocycles. The zero-order valence-electron chi connectivity index (χ0n) is 13.1. The fourth-order valence-corrected chi connectivity index (χ4v) is 2.22. The van der Waals surface area contributed by atoms with Gasteiger partial charge in [0, 0.05) is 29.2 Å². The van der Waals surface area contributed by atoms with Crippen molar-refractivity contribution in [3.63, 3.8) is 0 Å². The maximum Gasteiger partial charge on any atom is 0.0897 e. The van der Waals surface area contributed by atoms with Gasteiger partial charge in [0.1, 0.15) is 0 Å². The molecule has 1 aromatic carbocycles. The number of aromatic nitrogens is 1. The summed E-state index contributed by atoms with van der Waals surface area (Å²) in [6, 6.07) is 8.25. The second kappa shape index (κ2) is 7.07. The van der Waals surface area contributed by atoms with E-state index in [1.807, 2.05) is 18.3 Å². The minimum atomic E-state index is -0.466. The molecule has 21 heavy (non-hydrogen) atoms. The van der Waals surface area contributed by atoms with Gasteiger partial charge in [-0.05, 0) is 38.8 Å². The summed E-state index contributed by atoms with van der Waals surface area (Å²) in [5, 5.41) is 14.4. The van der Waals surface area contributed by atoms with Crippen LogP contribution in [0.25, 0.3) is 10.9 Å². The first-order valence-electron chi connectivity index (χ1n) is 7.51. The van der Waals surface area contributed by atoms with Crippen molar-refractivity contribution < 1.29 is 9.84 Å². The van der Waals surface area contributed by atoms with Crippen LogP contribution in [0.5, 0.6) is 0 Å². The van der Waals surface area contributed by atoms with Gasteiger partial charge >= 0.3 is 0 Å². The molecule has 4 nitrogen and oxygen atoms in total. The Kier molecular flexibility index (Phi) is 5.39. The second-order valence-electron chi connectivity index (χ2n) is 6.47. The number of rotatable bonds is 7. The molecule has 0 aliphatic rings. The number of hydrogen-bond acceptors (Lipinski definition) is 3. The van der Waals surface area contributed by atoms with Crippen LogP contribution in [0.4, 0.5) is 0 Å². The molecule has 0 fully saturated rings. The molecule has 0 aliphatic heterocycles. The predicted octanol–water partition coefficient (Wildman–Crippen LogP) is 2.48. The molecule has 1 atom stereocenters. The van der Waals surface area contributed by atoms with Crippen molar-refractivity contribution >= 4 is 10.9 Å². The fourth-order valence-electron chi connectivity index (χ4n) is 2.22. The number of ether oxygens (including phenoxy) is 1. The van der Waals surface area contributed by atoms with Crippen molar-refractivity contribution in [2.45, 2.75) is 38.8 Å². The third-order valence-electron chi connectivity index (χ3n) is 3.37. The normalized spacial score (nSPS) is 13.7. The van der Waals surface area contributed by atoms with Crippen molar-refractivity contribution in [3.05, 3.63) is 36.0 Å². The first-order chi connectivity index (χ1) is 9.96. The number of benzene rings is 1. The SMILES string of the molecule is CC(C)(C)NCC(O)COCCc1c[nH]c2ccccc12. The summed E-state index contributed by atoms with van der Waals surface area (Å²) in [5.74, 6) is 0. The lowest BCUT2D eigenvalue weighted by molar-refractivity contribution is 0.0354. The van der Waals surface area contributed by atoms with E-state index in [1.54, 1.807) is 0 Å². The summed E-state index contributed by atoms with van der Waals surface area (Å²) >= 11 is 0. The molecule has 0 bridgehead atoms. The summed E-state index contributed by atoms with van der Waals surface area (Å²) in [6.07, 6.45) is 2.42. The number of β-amino-alcohol motifs (C(OH)–C–C–N with tert-alkyl or cyclic N) is 1. The van der Waals surface area contributed by atoms with Crippen LogP contribution in [0, 0.1) is 0 Å². The van der Waals surface area contributed by atoms with E-state index < -0.39 is 6.10 Å². The number of aliphatic hydroxyl groups excluding tert-OH is 1. The van der Waals surface area contributed by atoms with E-state index in [1.165, 1.54) is 10.9 Å². The molecule has 0 aliphatic carbocycles. The number of aliphatic hydroxyl groups is 1. The van der Waals surface area contributed by atoms with Crippen LogP contribution in [-0.4, -0.2) is 41.5 Å². The van der Waals surface area contributed by atoms with Gasteiger partial charge in [-0.15, -0.1) is 0 Å². The van der Waals surface area contributed by atoms with Gasteiger partial charge in [0.25, 0.3) is 0 Å². The molecule has 1 aromatic heterocycles. The van der Waals surface area contributed by atoms with Gasteiger partial charge in [-0.25, -0.2) is 0 Å². The number of H-pyrrole nitrogens is 1. The van der Waals surface area contributed by atoms with Crippen LogP contribution >= 0.6 is 0 Å². The molecule has 2 aromatic rings. The lowest BCUT2D eigenvalue weighted by Gasteiger charge is -2.22. The van der Waals surface area contributed by atoms with Crippen molar-refractivity contribution in [2.75, 3.05) is 19.8 Å². The van der Waals surface area contributed by atoms with Crippen LogP contribution < -0.4 is 5.32 Å². The minimum absolute atomic E-state index is 0.0189. The lowest BCUT2D eigenvalue weighted by atomic mass is 10.1. The van der Waals surface area contributed by atoms with E-state index in [0.29, 0.717) is 19.8 Å².